The summed E-state index contributed by atoms with van der Waals surface area (Å²) in [6.45, 7) is 5.19. The van der Waals surface area contributed by atoms with E-state index in [1.807, 2.05) is 0 Å². The molecule has 10 heteroatoms. The highest BCUT2D eigenvalue weighted by atomic mass is 15.4. The summed E-state index contributed by atoms with van der Waals surface area (Å²) in [5.74, 6) is 0. The molecule has 10 nitrogen and oxygen atoms in total. The second-order valence-corrected chi connectivity index (χ2v) is 7.42. The summed E-state index contributed by atoms with van der Waals surface area (Å²) >= 11 is 0. The van der Waals surface area contributed by atoms with Gasteiger partial charge in [0.1, 0.15) is 0 Å². The minimum absolute atomic E-state index is 0. The summed E-state index contributed by atoms with van der Waals surface area (Å²) in [6, 6.07) is -0.0917. The third-order valence-corrected chi connectivity index (χ3v) is 4.64. The van der Waals surface area contributed by atoms with Crippen LogP contribution < -0.4 is 52.0 Å². The molecule has 0 aliphatic heterocycles. The number of nitrogens with zero attached hydrogens (tertiary/aromatic N) is 1. The molecule has 0 rings (SSSR count). The molecular weight excluding hydrogens is 332 g/mol. The summed E-state index contributed by atoms with van der Waals surface area (Å²) in [4.78, 5) is 0. The van der Waals surface area contributed by atoms with Crippen molar-refractivity contribution in [1.29, 1.82) is 0 Å². The van der Waals surface area contributed by atoms with E-state index in [1.54, 1.807) is 0 Å². The first-order valence-corrected chi connectivity index (χ1v) is 9.50. The van der Waals surface area contributed by atoms with Gasteiger partial charge in [0.2, 0.25) is 0 Å². The summed E-state index contributed by atoms with van der Waals surface area (Å²) in [5.41, 5.74) is 48.0. The second kappa shape index (κ2) is 15.6. The number of hydrogen-bond donors (Lipinski definition) is 9. The van der Waals surface area contributed by atoms with E-state index < -0.39 is 0 Å². The quantitative estimate of drug-likeness (QED) is 0.121. The van der Waals surface area contributed by atoms with Crippen molar-refractivity contribution in [3.05, 3.63) is 0 Å². The van der Waals surface area contributed by atoms with Crippen molar-refractivity contribution in [1.82, 2.24) is 6.15 Å². The van der Waals surface area contributed by atoms with Gasteiger partial charge in [-0.15, -0.1) is 0 Å². The zero-order chi connectivity index (χ0) is 19.3. The van der Waals surface area contributed by atoms with E-state index in [4.69, 9.17) is 45.9 Å². The Labute approximate surface area is 159 Å². The second-order valence-electron chi connectivity index (χ2n) is 7.42. The Morgan fingerprint density at radius 1 is 0.462 bits per heavy atom. The lowest BCUT2D eigenvalue weighted by atomic mass is 10.0. The van der Waals surface area contributed by atoms with Crippen molar-refractivity contribution in [3.63, 3.8) is 0 Å². The van der Waals surface area contributed by atoms with E-state index in [0.29, 0.717) is 30.7 Å². The lowest BCUT2D eigenvalue weighted by Crippen LogP contribution is -2.65. The Kier molecular flexibility index (Phi) is 16.7. The van der Waals surface area contributed by atoms with Crippen LogP contribution in [0.4, 0.5) is 0 Å². The molecule has 0 heterocycles. The van der Waals surface area contributed by atoms with Gasteiger partial charge in [0.15, 0.2) is 0 Å². The highest BCUT2D eigenvalue weighted by Crippen LogP contribution is 2.15. The third kappa shape index (κ3) is 12.1. The Morgan fingerprint density at radius 3 is 0.808 bits per heavy atom. The molecule has 0 saturated carbocycles. The monoisotopic (exact) mass is 379 g/mol. The third-order valence-electron chi connectivity index (χ3n) is 4.64. The van der Waals surface area contributed by atoms with Crippen LogP contribution >= 0.6 is 0 Å². The average Bonchev–Trinajstić information content (AvgIpc) is 2.47. The maximum atomic E-state index is 6.33. The molecule has 26 heavy (non-hydrogen) atoms. The van der Waals surface area contributed by atoms with Crippen LogP contribution in [0.15, 0.2) is 0 Å². The number of rotatable bonds is 16. The molecule has 0 spiro atoms. The van der Waals surface area contributed by atoms with Gasteiger partial charge in [-0.25, -0.2) is 0 Å². The maximum Gasteiger partial charge on any atom is 0.0942 e. The van der Waals surface area contributed by atoms with Gasteiger partial charge in [-0.05, 0) is 51.9 Å². The molecule has 0 amide bonds. The standard InChI is InChI=1S/C16H44N9.H3N/c17-5-1-13(21)9-25(10-14(22)2-6-18,11-15(23)3-7-19)12-16(24)4-8-20;/h13-16H,1-12,17-24H2;1H3/q+1;. The fourth-order valence-corrected chi connectivity index (χ4v) is 3.66. The van der Waals surface area contributed by atoms with Crippen molar-refractivity contribution in [2.45, 2.75) is 49.9 Å². The zero-order valence-electron chi connectivity index (χ0n) is 16.6. The maximum absolute atomic E-state index is 6.33. The van der Waals surface area contributed by atoms with E-state index in [2.05, 4.69) is 0 Å². The first-order valence-electron chi connectivity index (χ1n) is 9.50. The first-order chi connectivity index (χ1) is 11.8. The largest absolute Gasteiger partial charge is 0.344 e. The fraction of sp³-hybridized carbons (Fsp3) is 1.00. The normalized spacial score (nSPS) is 18.5. The van der Waals surface area contributed by atoms with Crippen LogP contribution in [0.1, 0.15) is 25.7 Å². The van der Waals surface area contributed by atoms with Crippen LogP contribution in [0.3, 0.4) is 0 Å². The minimum atomic E-state index is -0.0229. The Morgan fingerprint density at radius 2 is 0.654 bits per heavy atom. The topological polar surface area (TPSA) is 243 Å². The molecule has 0 bridgehead atoms. The van der Waals surface area contributed by atoms with Crippen LogP contribution in [0.2, 0.25) is 0 Å². The minimum Gasteiger partial charge on any atom is -0.344 e. The van der Waals surface area contributed by atoms with Crippen molar-refractivity contribution in [2.75, 3.05) is 52.4 Å². The number of quaternary nitrogens is 1. The molecule has 160 valence electrons. The highest BCUT2D eigenvalue weighted by Gasteiger charge is 2.35. The molecule has 0 aliphatic carbocycles. The fourth-order valence-electron chi connectivity index (χ4n) is 3.66. The molecule has 0 saturated heterocycles. The Balaban J connectivity index is 0. The molecule has 4 atom stereocenters. The van der Waals surface area contributed by atoms with Crippen LogP contribution in [-0.4, -0.2) is 81.0 Å². The van der Waals surface area contributed by atoms with E-state index in [-0.39, 0.29) is 30.3 Å². The summed E-state index contributed by atoms with van der Waals surface area (Å²) in [6.07, 6.45) is 3.02. The average molecular weight is 380 g/mol. The van der Waals surface area contributed by atoms with Gasteiger partial charge >= 0.3 is 0 Å². The molecule has 0 fully saturated rings. The van der Waals surface area contributed by atoms with E-state index >= 15 is 0 Å². The van der Waals surface area contributed by atoms with Crippen molar-refractivity contribution >= 4 is 0 Å². The van der Waals surface area contributed by atoms with Gasteiger partial charge < -0.3 is 56.5 Å². The van der Waals surface area contributed by atoms with Crippen LogP contribution in [0, 0.1) is 0 Å². The molecule has 0 aromatic rings. The zero-order valence-corrected chi connectivity index (χ0v) is 16.6. The lowest BCUT2D eigenvalue weighted by molar-refractivity contribution is -0.931. The predicted molar refractivity (Wildman–Crippen MR) is 111 cm³/mol. The first kappa shape index (κ1) is 27.8. The van der Waals surface area contributed by atoms with Gasteiger partial charge in [0.05, 0.1) is 50.3 Å². The van der Waals surface area contributed by atoms with Crippen LogP contribution in [0.25, 0.3) is 0 Å². The van der Waals surface area contributed by atoms with E-state index in [1.165, 1.54) is 0 Å². The molecule has 19 N–H and O–H groups in total. The molecular formula is C16H47N10+. The molecule has 0 aromatic heterocycles. The predicted octanol–water partition coefficient (Wildman–Crippen LogP) is -3.33. The van der Waals surface area contributed by atoms with Gasteiger partial charge in [-0.2, -0.15) is 0 Å². The summed E-state index contributed by atoms with van der Waals surface area (Å²) < 4.78 is 0.671. The Bertz CT molecular complexity index is 256. The van der Waals surface area contributed by atoms with Crippen molar-refractivity contribution in [2.24, 2.45) is 45.9 Å². The number of hydrogen-bond acceptors (Lipinski definition) is 9. The van der Waals surface area contributed by atoms with Crippen molar-refractivity contribution < 1.29 is 4.48 Å². The summed E-state index contributed by atoms with van der Waals surface area (Å²) in [7, 11) is 0. The van der Waals surface area contributed by atoms with Crippen LogP contribution in [0.5, 0.6) is 0 Å². The van der Waals surface area contributed by atoms with Gasteiger partial charge in [0, 0.05) is 0 Å². The molecule has 0 aliphatic rings. The van der Waals surface area contributed by atoms with Gasteiger partial charge in [-0.1, -0.05) is 0 Å². The van der Waals surface area contributed by atoms with E-state index in [9.17, 15) is 0 Å². The van der Waals surface area contributed by atoms with Crippen LogP contribution in [-0.2, 0) is 0 Å². The molecule has 0 radical (unpaired) electrons. The van der Waals surface area contributed by atoms with Gasteiger partial charge in [0.25, 0.3) is 0 Å². The SMILES string of the molecule is N.NCCC(N)C[N+](CC(N)CCN)(CC(N)CCN)CC(N)CCN. The Hall–Kier alpha value is -0.400. The lowest BCUT2D eigenvalue weighted by Gasteiger charge is -2.45. The highest BCUT2D eigenvalue weighted by molar-refractivity contribution is 4.73. The van der Waals surface area contributed by atoms with Gasteiger partial charge in [-0.3, -0.25) is 0 Å². The number of nitrogens with two attached hydrogens (primary N) is 8. The molecule has 0 aromatic carbocycles. The molecule has 4 unspecified atom stereocenters. The summed E-state index contributed by atoms with van der Waals surface area (Å²) in [5, 5.41) is 0. The van der Waals surface area contributed by atoms with Crippen molar-refractivity contribution in [3.8, 4) is 0 Å². The smallest absolute Gasteiger partial charge is 0.0942 e. The van der Waals surface area contributed by atoms with E-state index in [0.717, 1.165) is 51.9 Å².